The monoisotopic (exact) mass is 397 g/mol. The molecule has 0 radical (unpaired) electrons. The molecule has 1 heterocycles. The largest absolute Gasteiger partial charge is 0.497 e. The second-order valence-electron chi connectivity index (χ2n) is 6.38. The van der Waals surface area contributed by atoms with Crippen molar-refractivity contribution in [3.05, 3.63) is 65.2 Å². The smallest absolute Gasteiger partial charge is 0.278 e. The van der Waals surface area contributed by atoms with Crippen molar-refractivity contribution in [2.45, 2.75) is 20.4 Å². The molecule has 1 aromatic heterocycles. The van der Waals surface area contributed by atoms with Crippen LogP contribution in [0, 0.1) is 19.7 Å². The lowest BCUT2D eigenvalue weighted by atomic mass is 10.2. The van der Waals surface area contributed by atoms with Crippen LogP contribution in [0.25, 0.3) is 0 Å². The first kappa shape index (κ1) is 20.0. The maximum atomic E-state index is 13.6. The molecule has 3 aromatic rings. The minimum absolute atomic E-state index is 0.0557. The first-order valence-electron chi connectivity index (χ1n) is 8.79. The molecule has 0 atom stereocenters. The summed E-state index contributed by atoms with van der Waals surface area (Å²) in [6.45, 7) is 3.14. The number of anilines is 2. The Morgan fingerprint density at radius 3 is 2.59 bits per heavy atom. The van der Waals surface area contributed by atoms with Crippen LogP contribution in [0.15, 0.2) is 42.5 Å². The van der Waals surface area contributed by atoms with E-state index in [0.29, 0.717) is 28.4 Å². The molecule has 0 saturated carbocycles. The number of halogens is 1. The third kappa shape index (κ3) is 4.75. The molecule has 0 spiro atoms. The summed E-state index contributed by atoms with van der Waals surface area (Å²) >= 11 is 0. The van der Waals surface area contributed by atoms with Crippen LogP contribution in [0.1, 0.15) is 21.7 Å². The number of methoxy groups -OCH3 is 1. The van der Waals surface area contributed by atoms with Gasteiger partial charge in [-0.1, -0.05) is 17.3 Å². The lowest BCUT2D eigenvalue weighted by Crippen LogP contribution is -2.21. The van der Waals surface area contributed by atoms with E-state index in [4.69, 9.17) is 4.74 Å². The molecular weight excluding hydrogens is 377 g/mol. The van der Waals surface area contributed by atoms with Crippen molar-refractivity contribution < 1.29 is 18.7 Å². The number of carbonyl (C=O) groups excluding carboxylic acids is 2. The van der Waals surface area contributed by atoms with Crippen LogP contribution < -0.4 is 15.4 Å². The van der Waals surface area contributed by atoms with Crippen LogP contribution in [0.4, 0.5) is 15.8 Å². The Hall–Kier alpha value is -3.75. The predicted octanol–water partition coefficient (Wildman–Crippen LogP) is 2.93. The fraction of sp³-hybridized carbons (Fsp3) is 0.200. The van der Waals surface area contributed by atoms with Crippen molar-refractivity contribution in [3.63, 3.8) is 0 Å². The molecule has 0 aliphatic carbocycles. The van der Waals surface area contributed by atoms with Crippen molar-refractivity contribution in [1.29, 1.82) is 0 Å². The van der Waals surface area contributed by atoms with Crippen LogP contribution in [0.5, 0.6) is 5.75 Å². The van der Waals surface area contributed by atoms with Gasteiger partial charge in [0.15, 0.2) is 5.69 Å². The van der Waals surface area contributed by atoms with Gasteiger partial charge in [-0.05, 0) is 43.7 Å². The predicted molar refractivity (Wildman–Crippen MR) is 105 cm³/mol. The second kappa shape index (κ2) is 8.51. The molecule has 0 saturated heterocycles. The van der Waals surface area contributed by atoms with Gasteiger partial charge in [0.2, 0.25) is 5.91 Å². The maximum absolute atomic E-state index is 13.6. The highest BCUT2D eigenvalue weighted by molar-refractivity contribution is 6.03. The number of hydrogen-bond acceptors (Lipinski definition) is 5. The van der Waals surface area contributed by atoms with Crippen molar-refractivity contribution in [2.24, 2.45) is 0 Å². The Labute approximate surface area is 166 Å². The number of amides is 2. The normalized spacial score (nSPS) is 10.5. The summed E-state index contributed by atoms with van der Waals surface area (Å²) in [5.74, 6) is -0.673. The van der Waals surface area contributed by atoms with Gasteiger partial charge in [-0.25, -0.2) is 9.07 Å². The molecular formula is C20H20FN5O3. The van der Waals surface area contributed by atoms with Crippen LogP contribution >= 0.6 is 0 Å². The number of carbonyl (C=O) groups is 2. The summed E-state index contributed by atoms with van der Waals surface area (Å²) in [6, 6.07) is 11.3. The molecule has 3 rings (SSSR count). The highest BCUT2D eigenvalue weighted by Gasteiger charge is 2.18. The van der Waals surface area contributed by atoms with Crippen LogP contribution in [-0.2, 0) is 11.3 Å². The van der Waals surface area contributed by atoms with E-state index in [1.165, 1.54) is 17.9 Å². The molecule has 8 nitrogen and oxygen atoms in total. The van der Waals surface area contributed by atoms with E-state index in [1.54, 1.807) is 50.2 Å². The summed E-state index contributed by atoms with van der Waals surface area (Å²) < 4.78 is 20.1. The van der Waals surface area contributed by atoms with E-state index >= 15 is 0 Å². The summed E-state index contributed by atoms with van der Waals surface area (Å²) in [5.41, 5.74) is 1.83. The molecule has 0 aliphatic heterocycles. The Kier molecular flexibility index (Phi) is 5.87. The van der Waals surface area contributed by atoms with Gasteiger partial charge in [-0.2, -0.15) is 0 Å². The fourth-order valence-electron chi connectivity index (χ4n) is 2.62. The number of hydrogen-bond donors (Lipinski definition) is 2. The van der Waals surface area contributed by atoms with Gasteiger partial charge < -0.3 is 15.4 Å². The van der Waals surface area contributed by atoms with E-state index in [2.05, 4.69) is 20.9 Å². The van der Waals surface area contributed by atoms with E-state index in [9.17, 15) is 14.0 Å². The zero-order valence-electron chi connectivity index (χ0n) is 16.2. The molecule has 2 aromatic carbocycles. The van der Waals surface area contributed by atoms with Crippen molar-refractivity contribution in [2.75, 3.05) is 17.7 Å². The number of rotatable bonds is 6. The quantitative estimate of drug-likeness (QED) is 0.666. The summed E-state index contributed by atoms with van der Waals surface area (Å²) in [5, 5.41) is 13.0. The molecule has 9 heteroatoms. The zero-order chi connectivity index (χ0) is 21.0. The third-order valence-electron chi connectivity index (χ3n) is 4.27. The Balaban J connectivity index is 1.67. The summed E-state index contributed by atoms with van der Waals surface area (Å²) in [7, 11) is 1.54. The summed E-state index contributed by atoms with van der Waals surface area (Å²) in [6.07, 6.45) is 0. The zero-order valence-corrected chi connectivity index (χ0v) is 16.2. The standard InChI is InChI=1S/C20H20FN5O3/c1-12-7-8-15(10-17(12)21)23-20(28)19-13(2)26(25-24-19)11-18(27)22-14-5-4-6-16(9-14)29-3/h4-10H,11H2,1-3H3,(H,22,27)(H,23,28). The van der Waals surface area contributed by atoms with E-state index in [-0.39, 0.29) is 18.1 Å². The van der Waals surface area contributed by atoms with Gasteiger partial charge in [-0.3, -0.25) is 9.59 Å². The molecule has 0 unspecified atom stereocenters. The lowest BCUT2D eigenvalue weighted by molar-refractivity contribution is -0.117. The SMILES string of the molecule is COc1cccc(NC(=O)Cn2nnc(C(=O)Nc3ccc(C)c(F)c3)c2C)c1. The van der Waals surface area contributed by atoms with Crippen LogP contribution in [0.2, 0.25) is 0 Å². The number of nitrogens with zero attached hydrogens (tertiary/aromatic N) is 3. The fourth-order valence-corrected chi connectivity index (χ4v) is 2.62. The van der Waals surface area contributed by atoms with Crippen LogP contribution in [0.3, 0.4) is 0 Å². The van der Waals surface area contributed by atoms with Gasteiger partial charge >= 0.3 is 0 Å². The van der Waals surface area contributed by atoms with E-state index in [1.807, 2.05) is 0 Å². The average molecular weight is 397 g/mol. The molecule has 0 aliphatic rings. The number of nitrogens with one attached hydrogen (secondary N) is 2. The first-order chi connectivity index (χ1) is 13.9. The molecule has 0 bridgehead atoms. The van der Waals surface area contributed by atoms with Gasteiger partial charge in [0.1, 0.15) is 18.1 Å². The molecule has 150 valence electrons. The number of benzene rings is 2. The highest BCUT2D eigenvalue weighted by Crippen LogP contribution is 2.17. The van der Waals surface area contributed by atoms with Gasteiger partial charge in [-0.15, -0.1) is 5.10 Å². The highest BCUT2D eigenvalue weighted by atomic mass is 19.1. The number of aryl methyl sites for hydroxylation is 1. The topological polar surface area (TPSA) is 98.1 Å². The Morgan fingerprint density at radius 2 is 1.86 bits per heavy atom. The van der Waals surface area contributed by atoms with Crippen molar-refractivity contribution in [3.8, 4) is 5.75 Å². The Bertz CT molecular complexity index is 1060. The molecule has 29 heavy (non-hydrogen) atoms. The van der Waals surface area contributed by atoms with Gasteiger partial charge in [0.05, 0.1) is 12.8 Å². The van der Waals surface area contributed by atoms with E-state index in [0.717, 1.165) is 0 Å². The number of aromatic nitrogens is 3. The minimum atomic E-state index is -0.537. The van der Waals surface area contributed by atoms with Gasteiger partial charge in [0.25, 0.3) is 5.91 Å². The second-order valence-corrected chi connectivity index (χ2v) is 6.38. The molecule has 2 amide bonds. The van der Waals surface area contributed by atoms with Crippen molar-refractivity contribution in [1.82, 2.24) is 15.0 Å². The average Bonchev–Trinajstić information content (AvgIpc) is 3.05. The summed E-state index contributed by atoms with van der Waals surface area (Å²) in [4.78, 5) is 24.7. The molecule has 2 N–H and O–H groups in total. The van der Waals surface area contributed by atoms with Crippen LogP contribution in [-0.4, -0.2) is 33.9 Å². The first-order valence-corrected chi connectivity index (χ1v) is 8.79. The lowest BCUT2D eigenvalue weighted by Gasteiger charge is -2.08. The number of ether oxygens (including phenoxy) is 1. The third-order valence-corrected chi connectivity index (χ3v) is 4.27. The maximum Gasteiger partial charge on any atom is 0.278 e. The minimum Gasteiger partial charge on any atom is -0.497 e. The van der Waals surface area contributed by atoms with Crippen molar-refractivity contribution >= 4 is 23.2 Å². The Morgan fingerprint density at radius 1 is 1.10 bits per heavy atom. The van der Waals surface area contributed by atoms with Gasteiger partial charge in [0, 0.05) is 17.4 Å². The molecule has 0 fully saturated rings. The van der Waals surface area contributed by atoms with E-state index < -0.39 is 11.7 Å².